The molecule has 5 heterocycles. The second-order valence-electron chi connectivity index (χ2n) is 13.8. The molecule has 0 unspecified atom stereocenters. The Kier molecular flexibility index (Phi) is 14.2. The Morgan fingerprint density at radius 1 is 0.484 bits per heavy atom. The zero-order valence-corrected chi connectivity index (χ0v) is 34.6. The van der Waals surface area contributed by atoms with E-state index in [2.05, 4.69) is 57.5 Å². The zero-order chi connectivity index (χ0) is 45.2. The summed E-state index contributed by atoms with van der Waals surface area (Å²) in [6.45, 7) is 2.34. The molecule has 0 fully saturated rings. The van der Waals surface area contributed by atoms with Gasteiger partial charge >= 0.3 is 6.09 Å². The SMILES string of the molecule is CCCNC(=O)c1nc(NC(=O)CCNC(=O)c2cc(NC(=O)c3nc(NC(=O)CCNC(=O)c4cc(NC(=O)c5nc(NC(=O)O)cn5C)cn4C)cn3C)cn2C)cn1C. The van der Waals surface area contributed by atoms with Crippen LogP contribution in [-0.2, 0) is 44.8 Å². The van der Waals surface area contributed by atoms with Gasteiger partial charge < -0.3 is 65.2 Å². The van der Waals surface area contributed by atoms with Crippen molar-refractivity contribution in [2.45, 2.75) is 26.2 Å². The third kappa shape index (κ3) is 11.5. The molecule has 0 saturated carbocycles. The van der Waals surface area contributed by atoms with Crippen molar-refractivity contribution in [3.8, 4) is 0 Å². The van der Waals surface area contributed by atoms with Gasteiger partial charge in [-0.15, -0.1) is 0 Å². The van der Waals surface area contributed by atoms with Crippen molar-refractivity contribution in [2.24, 2.45) is 35.2 Å². The van der Waals surface area contributed by atoms with E-state index in [1.807, 2.05) is 6.92 Å². The number of aryl methyl sites for hydroxylation is 5. The zero-order valence-electron chi connectivity index (χ0n) is 34.6. The third-order valence-electron chi connectivity index (χ3n) is 8.81. The maximum absolute atomic E-state index is 13.1. The molecular formula is C37H46N16O9. The molecule has 25 heteroatoms. The number of hydrogen-bond acceptors (Lipinski definition) is 11. The lowest BCUT2D eigenvalue weighted by Gasteiger charge is -2.06. The molecule has 62 heavy (non-hydrogen) atoms. The molecule has 9 N–H and O–H groups in total. The number of carboxylic acid groups (broad SMARTS) is 1. The van der Waals surface area contributed by atoms with Gasteiger partial charge in [-0.1, -0.05) is 6.92 Å². The Hall–Kier alpha value is -8.25. The number of nitrogens with zero attached hydrogens (tertiary/aromatic N) is 8. The monoisotopic (exact) mass is 858 g/mol. The number of nitrogens with one attached hydrogen (secondary N) is 8. The highest BCUT2D eigenvalue weighted by Gasteiger charge is 2.21. The topological polar surface area (TPSA) is 316 Å². The second-order valence-corrected chi connectivity index (χ2v) is 13.8. The van der Waals surface area contributed by atoms with E-state index in [1.165, 1.54) is 73.0 Å². The first kappa shape index (κ1) is 44.8. The number of anilines is 5. The third-order valence-corrected chi connectivity index (χ3v) is 8.81. The molecule has 5 aromatic rings. The minimum Gasteiger partial charge on any atom is -0.465 e. The molecule has 328 valence electrons. The maximum atomic E-state index is 13.1. The summed E-state index contributed by atoms with van der Waals surface area (Å²) in [7, 11) is 7.89. The highest BCUT2D eigenvalue weighted by Crippen LogP contribution is 2.17. The lowest BCUT2D eigenvalue weighted by atomic mass is 10.3. The molecule has 0 aliphatic carbocycles. The molecular weight excluding hydrogens is 813 g/mol. The first-order chi connectivity index (χ1) is 29.4. The van der Waals surface area contributed by atoms with E-state index < -0.39 is 41.5 Å². The van der Waals surface area contributed by atoms with E-state index >= 15 is 0 Å². The molecule has 0 spiro atoms. The summed E-state index contributed by atoms with van der Waals surface area (Å²) in [6.07, 6.45) is 6.48. The van der Waals surface area contributed by atoms with Crippen LogP contribution in [0, 0.1) is 0 Å². The van der Waals surface area contributed by atoms with Crippen LogP contribution in [0.1, 0.15) is 79.0 Å². The van der Waals surface area contributed by atoms with Crippen molar-refractivity contribution >= 4 is 76.3 Å². The fourth-order valence-corrected chi connectivity index (χ4v) is 5.90. The number of amides is 8. The highest BCUT2D eigenvalue weighted by atomic mass is 16.4. The summed E-state index contributed by atoms with van der Waals surface area (Å²) >= 11 is 0. The van der Waals surface area contributed by atoms with E-state index in [1.54, 1.807) is 28.2 Å². The summed E-state index contributed by atoms with van der Waals surface area (Å²) < 4.78 is 7.19. The van der Waals surface area contributed by atoms with Crippen LogP contribution in [0.5, 0.6) is 0 Å². The van der Waals surface area contributed by atoms with Gasteiger partial charge in [0.05, 0.1) is 11.4 Å². The lowest BCUT2D eigenvalue weighted by molar-refractivity contribution is -0.116. The summed E-state index contributed by atoms with van der Waals surface area (Å²) in [5, 5.41) is 29.4. The van der Waals surface area contributed by atoms with Gasteiger partial charge in [-0.2, -0.15) is 0 Å². The average Bonchev–Trinajstić information content (AvgIpc) is 4.02. The molecule has 5 aromatic heterocycles. The predicted octanol–water partition coefficient (Wildman–Crippen LogP) is 0.816. The number of carbonyl (C=O) groups excluding carboxylic acids is 7. The van der Waals surface area contributed by atoms with Gasteiger partial charge in [0.1, 0.15) is 11.4 Å². The summed E-state index contributed by atoms with van der Waals surface area (Å²) in [6, 6.07) is 2.86. The Bertz CT molecular complexity index is 2540. The van der Waals surface area contributed by atoms with Crippen molar-refractivity contribution in [1.29, 1.82) is 0 Å². The Balaban J connectivity index is 1.05. The van der Waals surface area contributed by atoms with E-state index in [0.717, 1.165) is 6.42 Å². The Morgan fingerprint density at radius 3 is 1.24 bits per heavy atom. The number of rotatable bonds is 18. The van der Waals surface area contributed by atoms with Crippen LogP contribution in [-0.4, -0.2) is 110 Å². The van der Waals surface area contributed by atoms with Crippen molar-refractivity contribution in [2.75, 3.05) is 46.2 Å². The van der Waals surface area contributed by atoms with Gasteiger partial charge in [0, 0.05) is 98.7 Å². The molecule has 0 bridgehead atoms. The number of imidazole rings is 3. The lowest BCUT2D eigenvalue weighted by Crippen LogP contribution is -2.29. The standard InChI is InChI=1S/C37H46N16O9/c1-7-10-38-34(58)29-45-24(17-51(29)4)43-27(54)8-11-39-32(56)22-13-20(15-49(22)2)41-35(59)30-46-25(18-52(30)5)44-28(55)9-12-40-33(57)23-14-21(16-50(23)3)42-36(60)31-47-26(19-53(31)6)48-37(61)62/h13-19,48H,7-12H2,1-6H3,(H,38,58)(H,39,56)(H,40,57)(H,41,59)(H,42,60)(H,43,54)(H,44,55)(H,61,62). The molecule has 0 aromatic carbocycles. The van der Waals surface area contributed by atoms with Gasteiger partial charge in [0.2, 0.25) is 29.3 Å². The molecule has 8 amide bonds. The van der Waals surface area contributed by atoms with Gasteiger partial charge in [-0.3, -0.25) is 38.9 Å². The van der Waals surface area contributed by atoms with Crippen LogP contribution >= 0.6 is 0 Å². The van der Waals surface area contributed by atoms with Crippen molar-refractivity contribution in [1.82, 2.24) is 53.7 Å². The maximum Gasteiger partial charge on any atom is 0.410 e. The van der Waals surface area contributed by atoms with E-state index in [9.17, 15) is 38.4 Å². The minimum atomic E-state index is -1.34. The number of aromatic nitrogens is 8. The fraction of sp³-hybridized carbons (Fsp3) is 0.324. The van der Waals surface area contributed by atoms with Gasteiger partial charge in [0.15, 0.2) is 17.5 Å². The summed E-state index contributed by atoms with van der Waals surface area (Å²) in [5.41, 5.74) is 0.920. The van der Waals surface area contributed by atoms with Crippen LogP contribution in [0.2, 0.25) is 0 Å². The van der Waals surface area contributed by atoms with Crippen LogP contribution in [0.4, 0.5) is 33.6 Å². The van der Waals surface area contributed by atoms with Crippen LogP contribution in [0.3, 0.4) is 0 Å². The highest BCUT2D eigenvalue weighted by molar-refractivity contribution is 6.05. The van der Waals surface area contributed by atoms with Gasteiger partial charge in [0.25, 0.3) is 29.5 Å². The predicted molar refractivity (Wildman–Crippen MR) is 222 cm³/mol. The first-order valence-corrected chi connectivity index (χ1v) is 18.9. The Labute approximate surface area is 352 Å². The smallest absolute Gasteiger partial charge is 0.410 e. The molecule has 0 aliphatic heterocycles. The first-order valence-electron chi connectivity index (χ1n) is 18.9. The quantitative estimate of drug-likeness (QED) is 0.0592. The van der Waals surface area contributed by atoms with Crippen molar-refractivity contribution in [3.63, 3.8) is 0 Å². The second kappa shape index (κ2) is 19.7. The fourth-order valence-electron chi connectivity index (χ4n) is 5.90. The Morgan fingerprint density at radius 2 is 0.855 bits per heavy atom. The summed E-state index contributed by atoms with van der Waals surface area (Å²) in [5.74, 6) is -3.34. The van der Waals surface area contributed by atoms with E-state index in [-0.39, 0.29) is 89.5 Å². The van der Waals surface area contributed by atoms with Crippen LogP contribution < -0.4 is 42.5 Å². The van der Waals surface area contributed by atoms with Crippen molar-refractivity contribution < 1.29 is 43.5 Å². The van der Waals surface area contributed by atoms with E-state index in [4.69, 9.17) is 5.11 Å². The van der Waals surface area contributed by atoms with Crippen molar-refractivity contribution in [3.05, 3.63) is 72.0 Å². The molecule has 0 radical (unpaired) electrons. The van der Waals surface area contributed by atoms with Crippen LogP contribution in [0.25, 0.3) is 0 Å². The molecule has 0 atom stereocenters. The van der Waals surface area contributed by atoms with Gasteiger partial charge in [-0.25, -0.2) is 19.7 Å². The van der Waals surface area contributed by atoms with E-state index in [0.29, 0.717) is 6.54 Å². The normalized spacial score (nSPS) is 10.7. The summed E-state index contributed by atoms with van der Waals surface area (Å²) in [4.78, 5) is 112. The van der Waals surface area contributed by atoms with Gasteiger partial charge in [-0.05, 0) is 18.6 Å². The largest absolute Gasteiger partial charge is 0.465 e. The molecule has 0 aliphatic rings. The molecule has 0 saturated heterocycles. The number of hydrogen-bond donors (Lipinski definition) is 9. The minimum absolute atomic E-state index is 0.00921. The molecule has 25 nitrogen and oxygen atoms in total. The molecule has 5 rings (SSSR count). The number of carbonyl (C=O) groups is 8. The van der Waals surface area contributed by atoms with Crippen LogP contribution in [0.15, 0.2) is 43.1 Å². The average molecular weight is 859 g/mol.